The van der Waals surface area contributed by atoms with Crippen LogP contribution in [0.15, 0.2) is 18.2 Å². The fourth-order valence-electron chi connectivity index (χ4n) is 5.87. The van der Waals surface area contributed by atoms with E-state index in [0.29, 0.717) is 50.6 Å². The smallest absolute Gasteiger partial charge is 0.308 e. The molecule has 0 aliphatic carbocycles. The van der Waals surface area contributed by atoms with Gasteiger partial charge in [-0.05, 0) is 70.9 Å². The van der Waals surface area contributed by atoms with Gasteiger partial charge in [-0.25, -0.2) is 0 Å². The molecule has 0 radical (unpaired) electrons. The molecule has 3 rings (SSSR count). The minimum absolute atomic E-state index is 0.0363. The molecule has 0 saturated carbocycles. The molecule has 2 aliphatic rings. The molecular formula is C30H48N4O6. The number of unbranched alkanes of at least 4 members (excludes halogenated alkanes) is 2. The maximum absolute atomic E-state index is 13.7. The van der Waals surface area contributed by atoms with E-state index in [9.17, 15) is 19.5 Å². The van der Waals surface area contributed by atoms with Gasteiger partial charge in [0.2, 0.25) is 18.6 Å². The van der Waals surface area contributed by atoms with Crippen LogP contribution >= 0.6 is 0 Å². The molecule has 1 aromatic carbocycles. The summed E-state index contributed by atoms with van der Waals surface area (Å²) in [5.41, 5.74) is 0.863. The first kappa shape index (κ1) is 31.7. The van der Waals surface area contributed by atoms with Crippen LogP contribution in [-0.4, -0.2) is 115 Å². The Hall–Kier alpha value is -2.85. The summed E-state index contributed by atoms with van der Waals surface area (Å²) in [5, 5.41) is 10.4. The Morgan fingerprint density at radius 3 is 2.33 bits per heavy atom. The van der Waals surface area contributed by atoms with Crippen LogP contribution in [0.3, 0.4) is 0 Å². The van der Waals surface area contributed by atoms with Gasteiger partial charge >= 0.3 is 5.97 Å². The molecule has 1 aromatic rings. The standard InChI is InChI=1S/C30H48N4O6/c1-6-8-15-33(16-10-9-14-31(4)5)28(36)20-34-19-24(23-11-12-26-27(18-23)40-21-39-26)29(30(37)38)25(34)13-17-32(7-2)22(3)35/h11-12,18,24-25,29H,6-10,13-17,19-21H2,1-5H3,(H,37,38)/t24-,25+,29?/m1/s1. The van der Waals surface area contributed by atoms with Crippen LogP contribution in [-0.2, 0) is 14.4 Å². The SMILES string of the molecule is CCCCN(CCCCN(C)C)C(=O)CN1C[C@H](c2ccc3c(c2)OCO3)C(C(=O)O)[C@@H]1CCN(CC)C(C)=O. The van der Waals surface area contributed by atoms with E-state index >= 15 is 0 Å². The maximum Gasteiger partial charge on any atom is 0.308 e. The molecule has 1 N–H and O–H groups in total. The molecule has 2 heterocycles. The highest BCUT2D eigenvalue weighted by molar-refractivity contribution is 5.79. The average Bonchev–Trinajstić information content (AvgIpc) is 3.52. The Labute approximate surface area is 239 Å². The molecule has 1 saturated heterocycles. The van der Waals surface area contributed by atoms with Crippen LogP contribution in [0.4, 0.5) is 0 Å². The highest BCUT2D eigenvalue weighted by Gasteiger charge is 2.47. The number of nitrogens with zero attached hydrogens (tertiary/aromatic N) is 4. The van der Waals surface area contributed by atoms with Gasteiger partial charge < -0.3 is 29.3 Å². The van der Waals surface area contributed by atoms with Crippen molar-refractivity contribution in [2.45, 2.75) is 64.8 Å². The molecule has 3 atom stereocenters. The Bertz CT molecular complexity index is 1000. The lowest BCUT2D eigenvalue weighted by Gasteiger charge is -2.31. The van der Waals surface area contributed by atoms with Crippen LogP contribution in [0.2, 0.25) is 0 Å². The number of rotatable bonds is 16. The number of carbonyl (C=O) groups excluding carboxylic acids is 2. The van der Waals surface area contributed by atoms with Crippen molar-refractivity contribution in [2.24, 2.45) is 5.92 Å². The van der Waals surface area contributed by atoms with Crippen molar-refractivity contribution in [1.29, 1.82) is 0 Å². The second kappa shape index (κ2) is 15.2. The monoisotopic (exact) mass is 560 g/mol. The van der Waals surface area contributed by atoms with E-state index in [-0.39, 0.29) is 37.1 Å². The average molecular weight is 561 g/mol. The highest BCUT2D eigenvalue weighted by Crippen LogP contribution is 2.42. The summed E-state index contributed by atoms with van der Waals surface area (Å²) >= 11 is 0. The van der Waals surface area contributed by atoms with E-state index in [2.05, 4.69) is 25.9 Å². The van der Waals surface area contributed by atoms with Crippen molar-refractivity contribution in [3.63, 3.8) is 0 Å². The summed E-state index contributed by atoms with van der Waals surface area (Å²) in [6, 6.07) is 5.22. The van der Waals surface area contributed by atoms with E-state index in [1.807, 2.05) is 34.9 Å². The Kier molecular flexibility index (Phi) is 12.1. The van der Waals surface area contributed by atoms with Crippen LogP contribution in [0.5, 0.6) is 11.5 Å². The predicted molar refractivity (Wildman–Crippen MR) is 154 cm³/mol. The Balaban J connectivity index is 1.83. The minimum atomic E-state index is -0.889. The van der Waals surface area contributed by atoms with Gasteiger partial charge in [0.05, 0.1) is 12.5 Å². The topological polar surface area (TPSA) is 103 Å². The molecular weight excluding hydrogens is 512 g/mol. The molecule has 1 fully saturated rings. The van der Waals surface area contributed by atoms with E-state index in [4.69, 9.17) is 9.47 Å². The summed E-state index contributed by atoms with van der Waals surface area (Å²) < 4.78 is 11.0. The van der Waals surface area contributed by atoms with Gasteiger partial charge in [-0.2, -0.15) is 0 Å². The quantitative estimate of drug-likeness (QED) is 0.308. The first-order valence-electron chi connectivity index (χ1n) is 14.7. The van der Waals surface area contributed by atoms with Gasteiger partial charge in [0.1, 0.15) is 0 Å². The van der Waals surface area contributed by atoms with E-state index < -0.39 is 11.9 Å². The number of carboxylic acids is 1. The zero-order valence-electron chi connectivity index (χ0n) is 24.9. The molecule has 0 aromatic heterocycles. The molecule has 1 unspecified atom stereocenters. The van der Waals surface area contributed by atoms with Crippen molar-refractivity contribution in [2.75, 3.05) is 66.7 Å². The molecule has 0 bridgehead atoms. The number of carbonyl (C=O) groups is 3. The second-order valence-corrected chi connectivity index (χ2v) is 11.2. The van der Waals surface area contributed by atoms with Crippen LogP contribution < -0.4 is 9.47 Å². The van der Waals surface area contributed by atoms with Crippen LogP contribution in [0, 0.1) is 5.92 Å². The molecule has 2 amide bonds. The number of carboxylic acid groups (broad SMARTS) is 1. The summed E-state index contributed by atoms with van der Waals surface area (Å²) in [5.74, 6) is -0.657. The Morgan fingerprint density at radius 2 is 1.68 bits per heavy atom. The summed E-state index contributed by atoms with van der Waals surface area (Å²) in [4.78, 5) is 46.4. The van der Waals surface area contributed by atoms with Gasteiger partial charge in [-0.3, -0.25) is 19.3 Å². The molecule has 40 heavy (non-hydrogen) atoms. The fourth-order valence-corrected chi connectivity index (χ4v) is 5.87. The van der Waals surface area contributed by atoms with Crippen molar-refractivity contribution >= 4 is 17.8 Å². The molecule has 0 spiro atoms. The third-order valence-corrected chi connectivity index (χ3v) is 8.14. The van der Waals surface area contributed by atoms with Gasteiger partial charge in [-0.1, -0.05) is 19.4 Å². The predicted octanol–water partition coefficient (Wildman–Crippen LogP) is 3.11. The number of fused-ring (bicyclic) bond motifs is 1. The summed E-state index contributed by atoms with van der Waals surface area (Å²) in [7, 11) is 4.10. The number of likely N-dealkylation sites (tertiary alicyclic amines) is 1. The van der Waals surface area contributed by atoms with Gasteiger partial charge in [0, 0.05) is 51.6 Å². The van der Waals surface area contributed by atoms with Gasteiger partial charge in [0.25, 0.3) is 0 Å². The van der Waals surface area contributed by atoms with E-state index in [0.717, 1.165) is 37.8 Å². The number of ether oxygens (including phenoxy) is 2. The van der Waals surface area contributed by atoms with E-state index in [1.165, 1.54) is 6.92 Å². The Morgan fingerprint density at radius 1 is 0.975 bits per heavy atom. The van der Waals surface area contributed by atoms with Crippen molar-refractivity contribution in [3.05, 3.63) is 23.8 Å². The lowest BCUT2D eigenvalue weighted by Crippen LogP contribution is -2.46. The lowest BCUT2D eigenvalue weighted by atomic mass is 9.84. The summed E-state index contributed by atoms with van der Waals surface area (Å²) in [6.45, 7) is 9.72. The normalized spacial score (nSPS) is 20.2. The minimum Gasteiger partial charge on any atom is -0.481 e. The number of aliphatic carboxylic acids is 1. The zero-order chi connectivity index (χ0) is 29.2. The van der Waals surface area contributed by atoms with Crippen LogP contribution in [0.1, 0.15) is 64.4 Å². The number of hydrogen-bond donors (Lipinski definition) is 1. The third-order valence-electron chi connectivity index (χ3n) is 8.14. The number of benzene rings is 1. The van der Waals surface area contributed by atoms with Crippen molar-refractivity contribution in [3.8, 4) is 11.5 Å². The zero-order valence-corrected chi connectivity index (χ0v) is 24.9. The van der Waals surface area contributed by atoms with Gasteiger partial charge in [0.15, 0.2) is 11.5 Å². The molecule has 2 aliphatic heterocycles. The lowest BCUT2D eigenvalue weighted by molar-refractivity contribution is -0.144. The largest absolute Gasteiger partial charge is 0.481 e. The van der Waals surface area contributed by atoms with Crippen molar-refractivity contribution < 1.29 is 29.0 Å². The second-order valence-electron chi connectivity index (χ2n) is 11.2. The molecule has 224 valence electrons. The van der Waals surface area contributed by atoms with Gasteiger partial charge in [-0.15, -0.1) is 0 Å². The molecule has 10 nitrogen and oxygen atoms in total. The number of hydrogen-bond acceptors (Lipinski definition) is 7. The van der Waals surface area contributed by atoms with Crippen molar-refractivity contribution in [1.82, 2.24) is 19.6 Å². The fraction of sp³-hybridized carbons (Fsp3) is 0.700. The summed E-state index contributed by atoms with van der Waals surface area (Å²) in [6.07, 6.45) is 4.36. The first-order valence-corrected chi connectivity index (χ1v) is 14.7. The third kappa shape index (κ3) is 8.33. The van der Waals surface area contributed by atoms with Crippen LogP contribution in [0.25, 0.3) is 0 Å². The number of amides is 2. The highest BCUT2D eigenvalue weighted by atomic mass is 16.7. The maximum atomic E-state index is 13.7. The van der Waals surface area contributed by atoms with E-state index in [1.54, 1.807) is 4.90 Å². The first-order chi connectivity index (χ1) is 19.2. The molecule has 10 heteroatoms.